The molecule has 0 saturated carbocycles. The molecule has 2 unspecified atom stereocenters. The highest BCUT2D eigenvalue weighted by Crippen LogP contribution is 2.31. The van der Waals surface area contributed by atoms with Gasteiger partial charge in [0.15, 0.2) is 0 Å². The van der Waals surface area contributed by atoms with Crippen molar-refractivity contribution in [1.82, 2.24) is 10.6 Å². The number of benzene rings is 1. The molecule has 23 heavy (non-hydrogen) atoms. The molecule has 1 aromatic carbocycles. The molecule has 1 aromatic rings. The molecule has 0 bridgehead atoms. The fourth-order valence-electron chi connectivity index (χ4n) is 2.52. The molecule has 1 aliphatic rings. The van der Waals surface area contributed by atoms with Crippen LogP contribution >= 0.6 is 35.6 Å². The van der Waals surface area contributed by atoms with Crippen LogP contribution in [0.3, 0.4) is 0 Å². The zero-order valence-corrected chi connectivity index (χ0v) is 15.4. The highest BCUT2D eigenvalue weighted by atomic mass is 35.5. The lowest BCUT2D eigenvalue weighted by Crippen LogP contribution is -2.48. The molecule has 1 saturated heterocycles. The number of hydrogen-bond acceptors (Lipinski definition) is 3. The van der Waals surface area contributed by atoms with E-state index in [0.29, 0.717) is 41.2 Å². The number of halogens is 3. The zero-order valence-electron chi connectivity index (χ0n) is 13.1. The average Bonchev–Trinajstić information content (AvgIpc) is 2.50. The maximum atomic E-state index is 12.0. The van der Waals surface area contributed by atoms with Crippen LogP contribution in [0.1, 0.15) is 26.2 Å². The van der Waals surface area contributed by atoms with Gasteiger partial charge in [0.2, 0.25) is 5.91 Å². The molecule has 1 aliphatic heterocycles. The Labute approximate surface area is 153 Å². The highest BCUT2D eigenvalue weighted by molar-refractivity contribution is 6.42. The standard InChI is InChI=1S/C16H22Cl2N2O2.ClH/c1-11-10-19-8-7-13(11)20-15(21)6-3-9-22-14-5-2-4-12(17)16(14)18;/h2,4-5,11,13,19H,3,6-10H2,1H3,(H,20,21);1H. The topological polar surface area (TPSA) is 50.4 Å². The van der Waals surface area contributed by atoms with E-state index in [4.69, 9.17) is 27.9 Å². The van der Waals surface area contributed by atoms with Crippen LogP contribution in [0.15, 0.2) is 18.2 Å². The SMILES string of the molecule is CC1CNCCC1NC(=O)CCCOc1cccc(Cl)c1Cl.Cl. The monoisotopic (exact) mass is 380 g/mol. The van der Waals surface area contributed by atoms with Crippen molar-refractivity contribution in [2.75, 3.05) is 19.7 Å². The van der Waals surface area contributed by atoms with Crippen molar-refractivity contribution in [3.63, 3.8) is 0 Å². The highest BCUT2D eigenvalue weighted by Gasteiger charge is 2.22. The van der Waals surface area contributed by atoms with Gasteiger partial charge >= 0.3 is 0 Å². The smallest absolute Gasteiger partial charge is 0.220 e. The Morgan fingerprint density at radius 1 is 1.43 bits per heavy atom. The first kappa shape index (κ1) is 20.4. The molecular weight excluding hydrogens is 359 g/mol. The number of amides is 1. The van der Waals surface area contributed by atoms with Gasteiger partial charge < -0.3 is 15.4 Å². The van der Waals surface area contributed by atoms with Crippen LogP contribution in [-0.2, 0) is 4.79 Å². The molecule has 2 N–H and O–H groups in total. The van der Waals surface area contributed by atoms with Gasteiger partial charge in [-0.25, -0.2) is 0 Å². The van der Waals surface area contributed by atoms with Gasteiger partial charge in [0.25, 0.3) is 0 Å². The lowest BCUT2D eigenvalue weighted by Gasteiger charge is -2.30. The number of hydrogen-bond donors (Lipinski definition) is 2. The fraction of sp³-hybridized carbons (Fsp3) is 0.562. The Morgan fingerprint density at radius 3 is 2.96 bits per heavy atom. The largest absolute Gasteiger partial charge is 0.492 e. The summed E-state index contributed by atoms with van der Waals surface area (Å²) in [5.41, 5.74) is 0. The number of ether oxygens (including phenoxy) is 1. The molecule has 1 fully saturated rings. The first-order valence-corrected chi connectivity index (χ1v) is 8.40. The Bertz CT molecular complexity index is 514. The minimum atomic E-state index is 0. The maximum Gasteiger partial charge on any atom is 0.220 e. The molecule has 1 heterocycles. The second kappa shape index (κ2) is 10.2. The van der Waals surface area contributed by atoms with Gasteiger partial charge in [-0.15, -0.1) is 12.4 Å². The van der Waals surface area contributed by atoms with E-state index >= 15 is 0 Å². The van der Waals surface area contributed by atoms with Gasteiger partial charge in [-0.1, -0.05) is 36.2 Å². The van der Waals surface area contributed by atoms with Crippen molar-refractivity contribution >= 4 is 41.5 Å². The molecule has 0 radical (unpaired) electrons. The van der Waals surface area contributed by atoms with E-state index in [1.807, 2.05) is 0 Å². The number of carbonyl (C=O) groups excluding carboxylic acids is 1. The second-order valence-corrected chi connectivity index (χ2v) is 6.43. The van der Waals surface area contributed by atoms with Gasteiger partial charge in [-0.05, 0) is 44.0 Å². The molecule has 4 nitrogen and oxygen atoms in total. The fourth-order valence-corrected chi connectivity index (χ4v) is 2.86. The van der Waals surface area contributed by atoms with Gasteiger partial charge in [0, 0.05) is 12.5 Å². The van der Waals surface area contributed by atoms with Gasteiger partial charge in [0.1, 0.15) is 10.8 Å². The molecule has 0 aromatic heterocycles. The van der Waals surface area contributed by atoms with E-state index in [1.54, 1.807) is 18.2 Å². The summed E-state index contributed by atoms with van der Waals surface area (Å²) in [5, 5.41) is 7.31. The molecule has 0 spiro atoms. The zero-order chi connectivity index (χ0) is 15.9. The van der Waals surface area contributed by atoms with Crippen LogP contribution in [-0.4, -0.2) is 31.6 Å². The summed E-state index contributed by atoms with van der Waals surface area (Å²) in [4.78, 5) is 12.0. The van der Waals surface area contributed by atoms with Crippen molar-refractivity contribution in [3.8, 4) is 5.75 Å². The van der Waals surface area contributed by atoms with Gasteiger partial charge in [-0.2, -0.15) is 0 Å². The van der Waals surface area contributed by atoms with Crippen LogP contribution in [0.25, 0.3) is 0 Å². The average molecular weight is 382 g/mol. The molecule has 0 aliphatic carbocycles. The second-order valence-electron chi connectivity index (χ2n) is 5.65. The lowest BCUT2D eigenvalue weighted by atomic mass is 9.95. The van der Waals surface area contributed by atoms with Crippen molar-refractivity contribution in [1.29, 1.82) is 0 Å². The minimum Gasteiger partial charge on any atom is -0.492 e. The number of rotatable bonds is 6. The first-order valence-electron chi connectivity index (χ1n) is 7.65. The van der Waals surface area contributed by atoms with E-state index in [-0.39, 0.29) is 24.4 Å². The first-order chi connectivity index (χ1) is 10.6. The normalized spacial score (nSPS) is 20.5. The van der Waals surface area contributed by atoms with E-state index in [2.05, 4.69) is 17.6 Å². The predicted octanol–water partition coefficient (Wildman–Crippen LogP) is 3.69. The number of piperidine rings is 1. The molecule has 2 atom stereocenters. The van der Waals surface area contributed by atoms with E-state index < -0.39 is 0 Å². The maximum absolute atomic E-state index is 12.0. The van der Waals surface area contributed by atoms with E-state index in [1.165, 1.54) is 0 Å². The summed E-state index contributed by atoms with van der Waals surface area (Å²) in [7, 11) is 0. The molecule has 1 amide bonds. The summed E-state index contributed by atoms with van der Waals surface area (Å²) in [6.07, 6.45) is 2.09. The van der Waals surface area contributed by atoms with Crippen LogP contribution in [0, 0.1) is 5.92 Å². The Hall–Kier alpha value is -0.680. The summed E-state index contributed by atoms with van der Waals surface area (Å²) in [6, 6.07) is 5.54. The summed E-state index contributed by atoms with van der Waals surface area (Å²) < 4.78 is 5.57. The lowest BCUT2D eigenvalue weighted by molar-refractivity contribution is -0.122. The third-order valence-electron chi connectivity index (χ3n) is 3.85. The van der Waals surface area contributed by atoms with E-state index in [0.717, 1.165) is 19.5 Å². The molecule has 7 heteroatoms. The van der Waals surface area contributed by atoms with Crippen molar-refractivity contribution in [2.45, 2.75) is 32.2 Å². The minimum absolute atomic E-state index is 0. The van der Waals surface area contributed by atoms with Crippen LogP contribution in [0.2, 0.25) is 10.0 Å². The van der Waals surface area contributed by atoms with Gasteiger partial charge in [0.05, 0.1) is 11.6 Å². The Kier molecular flexibility index (Phi) is 9.07. The van der Waals surface area contributed by atoms with Crippen LogP contribution < -0.4 is 15.4 Å². The quantitative estimate of drug-likeness (QED) is 0.739. The van der Waals surface area contributed by atoms with Crippen molar-refractivity contribution in [2.24, 2.45) is 5.92 Å². The third kappa shape index (κ3) is 6.38. The summed E-state index contributed by atoms with van der Waals surface area (Å²) in [5.74, 6) is 1.11. The third-order valence-corrected chi connectivity index (χ3v) is 4.66. The van der Waals surface area contributed by atoms with Crippen LogP contribution in [0.5, 0.6) is 5.75 Å². The Balaban J connectivity index is 0.00000264. The number of nitrogens with one attached hydrogen (secondary N) is 2. The number of carbonyl (C=O) groups is 1. The Morgan fingerprint density at radius 2 is 2.22 bits per heavy atom. The molecular formula is C16H23Cl3N2O2. The van der Waals surface area contributed by atoms with Crippen molar-refractivity contribution in [3.05, 3.63) is 28.2 Å². The van der Waals surface area contributed by atoms with Crippen LogP contribution in [0.4, 0.5) is 0 Å². The predicted molar refractivity (Wildman–Crippen MR) is 97.0 cm³/mol. The summed E-state index contributed by atoms with van der Waals surface area (Å²) >= 11 is 12.0. The van der Waals surface area contributed by atoms with E-state index in [9.17, 15) is 4.79 Å². The molecule has 130 valence electrons. The van der Waals surface area contributed by atoms with Gasteiger partial charge in [-0.3, -0.25) is 4.79 Å². The van der Waals surface area contributed by atoms with Crippen molar-refractivity contribution < 1.29 is 9.53 Å². The molecule has 2 rings (SSSR count). The summed E-state index contributed by atoms with van der Waals surface area (Å²) in [6.45, 7) is 4.52.